The molecule has 1 heterocycles. The number of nitrogens with one attached hydrogen (secondary N) is 1. The van der Waals surface area contributed by atoms with Gasteiger partial charge in [-0.2, -0.15) is 0 Å². The van der Waals surface area contributed by atoms with Crippen LogP contribution in [0.15, 0.2) is 35.7 Å². The number of anilines is 1. The number of carbonyl (C=O) groups excluding carboxylic acids is 1. The molecule has 1 aromatic carbocycles. The van der Waals surface area contributed by atoms with Gasteiger partial charge in [0.15, 0.2) is 0 Å². The van der Waals surface area contributed by atoms with Crippen molar-refractivity contribution in [1.29, 1.82) is 0 Å². The van der Waals surface area contributed by atoms with Gasteiger partial charge in [0.25, 0.3) is 0 Å². The number of hydrogen-bond acceptors (Lipinski definition) is 3. The Labute approximate surface area is 138 Å². The van der Waals surface area contributed by atoms with Crippen LogP contribution < -0.4 is 5.32 Å². The van der Waals surface area contributed by atoms with E-state index in [9.17, 15) is 4.79 Å². The summed E-state index contributed by atoms with van der Waals surface area (Å²) >= 11 is 13.7. The molecular weight excluding hydrogens is 327 g/mol. The maximum Gasteiger partial charge on any atom is 0.238 e. The van der Waals surface area contributed by atoms with E-state index >= 15 is 0 Å². The lowest BCUT2D eigenvalue weighted by Gasteiger charge is -2.23. The maximum absolute atomic E-state index is 12.1. The first-order chi connectivity index (χ1) is 9.99. The standard InChI is InChI=1S/C15H16Cl2N2OS/c1-10(13-7-4-8-21-13)19(2)9-14(20)18-12-6-3-5-11(16)15(12)17/h3-8,10H,9H2,1-2H3,(H,18,20). The summed E-state index contributed by atoms with van der Waals surface area (Å²) in [6, 6.07) is 9.43. The molecule has 6 heteroatoms. The number of hydrogen-bond donors (Lipinski definition) is 1. The molecule has 2 aromatic rings. The van der Waals surface area contributed by atoms with Crippen molar-refractivity contribution >= 4 is 46.1 Å². The fourth-order valence-corrected chi connectivity index (χ4v) is 3.10. The average Bonchev–Trinajstić information content (AvgIpc) is 2.97. The second-order valence-corrected chi connectivity index (χ2v) is 6.52. The average molecular weight is 343 g/mol. The van der Waals surface area contributed by atoms with Crippen LogP contribution in [0.2, 0.25) is 10.0 Å². The van der Waals surface area contributed by atoms with Gasteiger partial charge in [-0.15, -0.1) is 11.3 Å². The van der Waals surface area contributed by atoms with Crippen LogP contribution in [0.25, 0.3) is 0 Å². The second kappa shape index (κ2) is 7.27. The van der Waals surface area contributed by atoms with E-state index in [0.717, 1.165) is 0 Å². The third-order valence-electron chi connectivity index (χ3n) is 3.23. The van der Waals surface area contributed by atoms with Gasteiger partial charge in [-0.05, 0) is 37.6 Å². The van der Waals surface area contributed by atoms with Crippen molar-refractivity contribution in [3.63, 3.8) is 0 Å². The predicted molar refractivity (Wildman–Crippen MR) is 90.5 cm³/mol. The normalized spacial score (nSPS) is 12.4. The monoisotopic (exact) mass is 342 g/mol. The van der Waals surface area contributed by atoms with Crippen molar-refractivity contribution in [1.82, 2.24) is 4.90 Å². The summed E-state index contributed by atoms with van der Waals surface area (Å²) in [4.78, 5) is 15.3. The number of nitrogens with zero attached hydrogens (tertiary/aromatic N) is 1. The molecule has 1 amide bonds. The van der Waals surface area contributed by atoms with Crippen LogP contribution in [0.4, 0.5) is 5.69 Å². The van der Waals surface area contributed by atoms with Crippen LogP contribution >= 0.6 is 34.5 Å². The molecule has 0 saturated carbocycles. The Kier molecular flexibility index (Phi) is 5.65. The summed E-state index contributed by atoms with van der Waals surface area (Å²) in [6.45, 7) is 2.35. The van der Waals surface area contributed by atoms with Gasteiger partial charge in [0, 0.05) is 10.9 Å². The highest BCUT2D eigenvalue weighted by Crippen LogP contribution is 2.29. The molecule has 0 aliphatic heterocycles. The lowest BCUT2D eigenvalue weighted by molar-refractivity contribution is -0.117. The smallest absolute Gasteiger partial charge is 0.238 e. The van der Waals surface area contributed by atoms with Crippen LogP contribution in [0.1, 0.15) is 17.8 Å². The first-order valence-electron chi connectivity index (χ1n) is 6.46. The van der Waals surface area contributed by atoms with E-state index < -0.39 is 0 Å². The second-order valence-electron chi connectivity index (χ2n) is 4.76. The molecule has 0 aliphatic rings. The van der Waals surface area contributed by atoms with Crippen LogP contribution in [0.5, 0.6) is 0 Å². The topological polar surface area (TPSA) is 32.3 Å². The molecule has 1 aromatic heterocycles. The third kappa shape index (κ3) is 4.20. The Balaban J connectivity index is 1.97. The lowest BCUT2D eigenvalue weighted by atomic mass is 10.2. The third-order valence-corrected chi connectivity index (χ3v) is 5.10. The molecule has 1 atom stereocenters. The molecule has 0 aliphatic carbocycles. The Morgan fingerprint density at radius 2 is 2.10 bits per heavy atom. The van der Waals surface area contributed by atoms with Crippen LogP contribution in [-0.4, -0.2) is 24.4 Å². The Hall–Kier alpha value is -1.07. The van der Waals surface area contributed by atoms with Gasteiger partial charge in [-0.1, -0.05) is 35.3 Å². The van der Waals surface area contributed by atoms with Gasteiger partial charge in [0.2, 0.25) is 5.91 Å². The number of carbonyl (C=O) groups is 1. The van der Waals surface area contributed by atoms with Crippen molar-refractivity contribution in [3.8, 4) is 0 Å². The van der Waals surface area contributed by atoms with Gasteiger partial charge in [0.05, 0.1) is 22.3 Å². The van der Waals surface area contributed by atoms with Gasteiger partial charge in [-0.3, -0.25) is 9.69 Å². The number of likely N-dealkylation sites (N-methyl/N-ethyl adjacent to an activating group) is 1. The minimum absolute atomic E-state index is 0.120. The fraction of sp³-hybridized carbons (Fsp3) is 0.267. The highest BCUT2D eigenvalue weighted by Gasteiger charge is 2.16. The SMILES string of the molecule is CC(c1cccs1)N(C)CC(=O)Nc1cccc(Cl)c1Cl. The molecule has 0 fully saturated rings. The largest absolute Gasteiger partial charge is 0.324 e. The van der Waals surface area contributed by atoms with Crippen LogP contribution in [0.3, 0.4) is 0 Å². The molecule has 0 saturated heterocycles. The maximum atomic E-state index is 12.1. The zero-order chi connectivity index (χ0) is 15.4. The van der Waals surface area contributed by atoms with E-state index in [1.807, 2.05) is 23.4 Å². The molecule has 2 rings (SSSR count). The first-order valence-corrected chi connectivity index (χ1v) is 8.10. The molecule has 112 valence electrons. The van der Waals surface area contributed by atoms with Crippen molar-refractivity contribution in [2.45, 2.75) is 13.0 Å². The molecule has 21 heavy (non-hydrogen) atoms. The summed E-state index contributed by atoms with van der Waals surface area (Å²) in [5, 5.41) is 5.61. The highest BCUT2D eigenvalue weighted by molar-refractivity contribution is 7.10. The molecule has 0 bridgehead atoms. The van der Waals surface area contributed by atoms with Gasteiger partial charge in [0.1, 0.15) is 0 Å². The molecule has 3 nitrogen and oxygen atoms in total. The summed E-state index contributed by atoms with van der Waals surface area (Å²) in [5.74, 6) is -0.120. The summed E-state index contributed by atoms with van der Waals surface area (Å²) in [5.41, 5.74) is 0.534. The van der Waals surface area contributed by atoms with Crippen molar-refractivity contribution in [3.05, 3.63) is 50.6 Å². The molecule has 1 unspecified atom stereocenters. The van der Waals surface area contributed by atoms with Gasteiger partial charge < -0.3 is 5.32 Å². The molecular formula is C15H16Cl2N2OS. The minimum atomic E-state index is -0.120. The highest BCUT2D eigenvalue weighted by atomic mass is 35.5. The molecule has 0 spiro atoms. The molecule has 0 radical (unpaired) electrons. The first kappa shape index (κ1) is 16.3. The predicted octanol–water partition coefficient (Wildman–Crippen LogP) is 4.69. The summed E-state index contributed by atoms with van der Waals surface area (Å²) in [6.07, 6.45) is 0. The van der Waals surface area contributed by atoms with Crippen molar-refractivity contribution in [2.24, 2.45) is 0 Å². The van der Waals surface area contributed by atoms with Crippen molar-refractivity contribution in [2.75, 3.05) is 18.9 Å². The quantitative estimate of drug-likeness (QED) is 0.854. The van der Waals surface area contributed by atoms with Gasteiger partial charge in [-0.25, -0.2) is 0 Å². The number of halogens is 2. The number of amides is 1. The Morgan fingerprint density at radius 1 is 1.33 bits per heavy atom. The van der Waals surface area contributed by atoms with E-state index in [0.29, 0.717) is 15.7 Å². The van der Waals surface area contributed by atoms with Crippen LogP contribution in [0, 0.1) is 0 Å². The van der Waals surface area contributed by atoms with E-state index in [-0.39, 0.29) is 18.5 Å². The molecule has 1 N–H and O–H groups in total. The van der Waals surface area contributed by atoms with E-state index in [1.54, 1.807) is 29.5 Å². The van der Waals surface area contributed by atoms with E-state index in [4.69, 9.17) is 23.2 Å². The van der Waals surface area contributed by atoms with E-state index in [2.05, 4.69) is 18.3 Å². The van der Waals surface area contributed by atoms with Gasteiger partial charge >= 0.3 is 0 Å². The summed E-state index contributed by atoms with van der Waals surface area (Å²) < 4.78 is 0. The van der Waals surface area contributed by atoms with Crippen molar-refractivity contribution < 1.29 is 4.79 Å². The van der Waals surface area contributed by atoms with E-state index in [1.165, 1.54) is 4.88 Å². The Bertz CT molecular complexity index is 616. The number of benzene rings is 1. The lowest BCUT2D eigenvalue weighted by Crippen LogP contribution is -2.32. The summed E-state index contributed by atoms with van der Waals surface area (Å²) in [7, 11) is 1.92. The van der Waals surface area contributed by atoms with Crippen LogP contribution in [-0.2, 0) is 4.79 Å². The zero-order valence-corrected chi connectivity index (χ0v) is 14.1. The Morgan fingerprint density at radius 3 is 2.76 bits per heavy atom. The number of rotatable bonds is 5. The zero-order valence-electron chi connectivity index (χ0n) is 11.8. The number of thiophene rings is 1. The minimum Gasteiger partial charge on any atom is -0.324 e. The fourth-order valence-electron chi connectivity index (χ4n) is 1.90.